The Morgan fingerprint density at radius 1 is 1.00 bits per heavy atom. The molecule has 0 spiro atoms. The number of para-hydroxylation sites is 1. The van der Waals surface area contributed by atoms with Crippen molar-refractivity contribution in [2.45, 2.75) is 13.8 Å². The summed E-state index contributed by atoms with van der Waals surface area (Å²) in [6.45, 7) is 3.25. The van der Waals surface area contributed by atoms with Gasteiger partial charge in [0, 0.05) is 16.1 Å². The predicted molar refractivity (Wildman–Crippen MR) is 80.6 cm³/mol. The molecule has 0 atom stereocenters. The van der Waals surface area contributed by atoms with Crippen molar-refractivity contribution in [2.75, 3.05) is 5.32 Å². The molecule has 3 nitrogen and oxygen atoms in total. The van der Waals surface area contributed by atoms with Crippen molar-refractivity contribution in [1.82, 2.24) is 0 Å². The summed E-state index contributed by atoms with van der Waals surface area (Å²) < 4.78 is 0. The zero-order valence-corrected chi connectivity index (χ0v) is 12.0. The molecule has 0 radical (unpaired) electrons. The fourth-order valence-corrected chi connectivity index (χ4v) is 2.12. The first kappa shape index (κ1) is 14.3. The number of Topliss-reactive ketones (excluding diaryl/α,β-unsaturated/α-hetero) is 1. The minimum Gasteiger partial charge on any atom is -0.321 e. The second kappa shape index (κ2) is 5.88. The lowest BCUT2D eigenvalue weighted by atomic mass is 10.1. The molecule has 0 saturated heterocycles. The van der Waals surface area contributed by atoms with E-state index in [-0.39, 0.29) is 11.7 Å². The number of halogens is 1. The standard InChI is InChI=1S/C16H14ClNO2/c1-10-12(7-5-8-14(10)17)16(20)18-15-9-4-3-6-13(15)11(2)19/h3-9H,1-2H3,(H,18,20). The lowest BCUT2D eigenvalue weighted by Crippen LogP contribution is -2.15. The number of hydrogen-bond acceptors (Lipinski definition) is 2. The van der Waals surface area contributed by atoms with Gasteiger partial charge in [0.05, 0.1) is 5.69 Å². The van der Waals surface area contributed by atoms with Gasteiger partial charge in [0.15, 0.2) is 5.78 Å². The fraction of sp³-hybridized carbons (Fsp3) is 0.125. The topological polar surface area (TPSA) is 46.2 Å². The smallest absolute Gasteiger partial charge is 0.256 e. The molecular formula is C16H14ClNO2. The van der Waals surface area contributed by atoms with Gasteiger partial charge >= 0.3 is 0 Å². The van der Waals surface area contributed by atoms with E-state index in [1.54, 1.807) is 49.4 Å². The maximum Gasteiger partial charge on any atom is 0.256 e. The Hall–Kier alpha value is -2.13. The van der Waals surface area contributed by atoms with Gasteiger partial charge in [-0.25, -0.2) is 0 Å². The monoisotopic (exact) mass is 287 g/mol. The number of carbonyl (C=O) groups excluding carboxylic acids is 2. The van der Waals surface area contributed by atoms with Gasteiger partial charge in [-0.3, -0.25) is 9.59 Å². The summed E-state index contributed by atoms with van der Waals surface area (Å²) >= 11 is 6.01. The Kier molecular flexibility index (Phi) is 4.20. The van der Waals surface area contributed by atoms with Crippen LogP contribution in [0.15, 0.2) is 42.5 Å². The number of nitrogens with one attached hydrogen (secondary N) is 1. The molecule has 0 aliphatic rings. The lowest BCUT2D eigenvalue weighted by molar-refractivity contribution is 0.101. The number of benzene rings is 2. The van der Waals surface area contributed by atoms with Crippen molar-refractivity contribution >= 4 is 29.0 Å². The number of ketones is 1. The Bertz CT molecular complexity index is 680. The Balaban J connectivity index is 2.33. The second-order valence-electron chi connectivity index (χ2n) is 4.47. The molecule has 0 saturated carbocycles. The highest BCUT2D eigenvalue weighted by Crippen LogP contribution is 2.21. The van der Waals surface area contributed by atoms with E-state index >= 15 is 0 Å². The Morgan fingerprint density at radius 2 is 1.65 bits per heavy atom. The summed E-state index contributed by atoms with van der Waals surface area (Å²) in [5.74, 6) is -0.373. The summed E-state index contributed by atoms with van der Waals surface area (Å²) in [4.78, 5) is 23.8. The molecule has 2 rings (SSSR count). The highest BCUT2D eigenvalue weighted by Gasteiger charge is 2.14. The van der Waals surface area contributed by atoms with Crippen molar-refractivity contribution < 1.29 is 9.59 Å². The largest absolute Gasteiger partial charge is 0.321 e. The molecule has 1 N–H and O–H groups in total. The zero-order chi connectivity index (χ0) is 14.7. The van der Waals surface area contributed by atoms with Gasteiger partial charge < -0.3 is 5.32 Å². The van der Waals surface area contributed by atoms with Gasteiger partial charge in [0.2, 0.25) is 0 Å². The molecule has 0 aliphatic carbocycles. The van der Waals surface area contributed by atoms with Gasteiger partial charge in [-0.2, -0.15) is 0 Å². The normalized spacial score (nSPS) is 10.2. The van der Waals surface area contributed by atoms with Gasteiger partial charge in [0.1, 0.15) is 0 Å². The van der Waals surface area contributed by atoms with E-state index in [2.05, 4.69) is 5.32 Å². The first-order valence-electron chi connectivity index (χ1n) is 6.17. The van der Waals surface area contributed by atoms with Crippen molar-refractivity contribution in [2.24, 2.45) is 0 Å². The van der Waals surface area contributed by atoms with Crippen LogP contribution in [0.25, 0.3) is 0 Å². The first-order valence-corrected chi connectivity index (χ1v) is 6.55. The molecule has 20 heavy (non-hydrogen) atoms. The average Bonchev–Trinajstić information content (AvgIpc) is 2.42. The lowest BCUT2D eigenvalue weighted by Gasteiger charge is -2.11. The van der Waals surface area contributed by atoms with E-state index in [0.29, 0.717) is 27.4 Å². The molecule has 0 aromatic heterocycles. The third-order valence-electron chi connectivity index (χ3n) is 3.07. The van der Waals surface area contributed by atoms with Crippen LogP contribution >= 0.6 is 11.6 Å². The van der Waals surface area contributed by atoms with E-state index in [1.165, 1.54) is 6.92 Å². The zero-order valence-electron chi connectivity index (χ0n) is 11.2. The van der Waals surface area contributed by atoms with Gasteiger partial charge in [-0.1, -0.05) is 29.8 Å². The maximum atomic E-state index is 12.3. The molecule has 0 heterocycles. The summed E-state index contributed by atoms with van der Waals surface area (Å²) in [5, 5.41) is 3.30. The molecule has 0 bridgehead atoms. The van der Waals surface area contributed by atoms with E-state index in [0.717, 1.165) is 0 Å². The SMILES string of the molecule is CC(=O)c1ccccc1NC(=O)c1cccc(Cl)c1C. The molecule has 0 fully saturated rings. The van der Waals surface area contributed by atoms with Crippen LogP contribution in [0.3, 0.4) is 0 Å². The molecule has 0 unspecified atom stereocenters. The van der Waals surface area contributed by atoms with E-state index in [9.17, 15) is 9.59 Å². The van der Waals surface area contributed by atoms with Gasteiger partial charge in [0.25, 0.3) is 5.91 Å². The summed E-state index contributed by atoms with van der Waals surface area (Å²) in [7, 11) is 0. The summed E-state index contributed by atoms with van der Waals surface area (Å²) in [6.07, 6.45) is 0. The Labute approximate surface area is 122 Å². The van der Waals surface area contributed by atoms with Crippen molar-refractivity contribution in [3.63, 3.8) is 0 Å². The highest BCUT2D eigenvalue weighted by molar-refractivity contribution is 6.32. The third-order valence-corrected chi connectivity index (χ3v) is 3.48. The average molecular weight is 288 g/mol. The number of amides is 1. The molecule has 0 aliphatic heterocycles. The van der Waals surface area contributed by atoms with Gasteiger partial charge in [-0.05, 0) is 43.7 Å². The predicted octanol–water partition coefficient (Wildman–Crippen LogP) is 4.10. The van der Waals surface area contributed by atoms with E-state index < -0.39 is 0 Å². The molecule has 2 aromatic carbocycles. The van der Waals surface area contributed by atoms with Crippen LogP contribution in [0.2, 0.25) is 5.02 Å². The first-order chi connectivity index (χ1) is 9.50. The van der Waals surface area contributed by atoms with E-state index in [4.69, 9.17) is 11.6 Å². The number of hydrogen-bond donors (Lipinski definition) is 1. The second-order valence-corrected chi connectivity index (χ2v) is 4.88. The highest BCUT2D eigenvalue weighted by atomic mass is 35.5. The van der Waals surface area contributed by atoms with Crippen LogP contribution in [0.5, 0.6) is 0 Å². The van der Waals surface area contributed by atoms with Crippen LogP contribution in [0.1, 0.15) is 33.2 Å². The number of carbonyl (C=O) groups is 2. The third kappa shape index (κ3) is 2.89. The van der Waals surface area contributed by atoms with Crippen molar-refractivity contribution in [3.05, 3.63) is 64.2 Å². The Morgan fingerprint density at radius 3 is 2.35 bits per heavy atom. The number of anilines is 1. The number of rotatable bonds is 3. The fourth-order valence-electron chi connectivity index (χ4n) is 1.94. The van der Waals surface area contributed by atoms with Crippen LogP contribution in [0, 0.1) is 6.92 Å². The minimum atomic E-state index is -0.279. The van der Waals surface area contributed by atoms with Crippen LogP contribution in [-0.2, 0) is 0 Å². The minimum absolute atomic E-state index is 0.0938. The maximum absolute atomic E-state index is 12.3. The quantitative estimate of drug-likeness (QED) is 0.864. The molecular weight excluding hydrogens is 274 g/mol. The van der Waals surface area contributed by atoms with Crippen LogP contribution < -0.4 is 5.32 Å². The van der Waals surface area contributed by atoms with Gasteiger partial charge in [-0.15, -0.1) is 0 Å². The van der Waals surface area contributed by atoms with Crippen LogP contribution in [-0.4, -0.2) is 11.7 Å². The van der Waals surface area contributed by atoms with Crippen molar-refractivity contribution in [3.8, 4) is 0 Å². The molecule has 2 aromatic rings. The van der Waals surface area contributed by atoms with Crippen molar-refractivity contribution in [1.29, 1.82) is 0 Å². The molecule has 4 heteroatoms. The summed E-state index contributed by atoms with van der Waals surface area (Å²) in [6, 6.07) is 12.1. The van der Waals surface area contributed by atoms with Crippen LogP contribution in [0.4, 0.5) is 5.69 Å². The summed E-state index contributed by atoms with van der Waals surface area (Å²) in [5.41, 5.74) is 2.20. The molecule has 1 amide bonds. The van der Waals surface area contributed by atoms with E-state index in [1.807, 2.05) is 0 Å². The molecule has 102 valence electrons.